The van der Waals surface area contributed by atoms with E-state index in [0.29, 0.717) is 11.4 Å². The number of unbranched alkanes of at least 4 members (excludes halogenated alkanes) is 2. The Hall–Kier alpha value is -1.85. The largest absolute Gasteiger partial charge is 0.489 e. The van der Waals surface area contributed by atoms with Crippen molar-refractivity contribution in [2.75, 3.05) is 31.1 Å². The van der Waals surface area contributed by atoms with Crippen molar-refractivity contribution < 1.29 is 4.74 Å². The van der Waals surface area contributed by atoms with Crippen LogP contribution in [0.1, 0.15) is 46.5 Å². The van der Waals surface area contributed by atoms with Crippen LogP contribution in [0.4, 0.5) is 11.4 Å². The van der Waals surface area contributed by atoms with Crippen LogP contribution in [0.2, 0.25) is 0 Å². The summed E-state index contributed by atoms with van der Waals surface area (Å²) in [6, 6.07) is 14.0. The first-order valence-electron chi connectivity index (χ1n) is 10.3. The Kier molecular flexibility index (Phi) is 9.51. The van der Waals surface area contributed by atoms with E-state index in [1.807, 2.05) is 30.3 Å². The molecule has 0 aliphatic heterocycles. The first-order chi connectivity index (χ1) is 13.5. The number of benzene rings is 2. The molecule has 0 bridgehead atoms. The zero-order valence-corrected chi connectivity index (χ0v) is 18.3. The van der Waals surface area contributed by atoms with Gasteiger partial charge < -0.3 is 16.2 Å². The van der Waals surface area contributed by atoms with E-state index in [1.54, 1.807) is 11.8 Å². The Morgan fingerprint density at radius 3 is 2.25 bits per heavy atom. The Labute approximate surface area is 174 Å². The maximum absolute atomic E-state index is 6.23. The smallest absolute Gasteiger partial charge is 0.120 e. The molecule has 4 N–H and O–H groups in total. The summed E-state index contributed by atoms with van der Waals surface area (Å²) in [5, 5.41) is 0. The molecule has 2 rings (SSSR count). The van der Waals surface area contributed by atoms with Crippen molar-refractivity contribution in [2.24, 2.45) is 0 Å². The van der Waals surface area contributed by atoms with Crippen LogP contribution in [0.15, 0.2) is 52.3 Å². The minimum atomic E-state index is 0.154. The van der Waals surface area contributed by atoms with Crippen molar-refractivity contribution >= 4 is 23.1 Å². The molecule has 0 fully saturated rings. The van der Waals surface area contributed by atoms with Crippen LogP contribution in [0.3, 0.4) is 0 Å². The van der Waals surface area contributed by atoms with Crippen molar-refractivity contribution in [2.45, 2.75) is 62.3 Å². The predicted molar refractivity (Wildman–Crippen MR) is 122 cm³/mol. The van der Waals surface area contributed by atoms with Crippen molar-refractivity contribution in [1.82, 2.24) is 4.90 Å². The highest BCUT2D eigenvalue weighted by molar-refractivity contribution is 7.99. The van der Waals surface area contributed by atoms with Gasteiger partial charge >= 0.3 is 0 Å². The summed E-state index contributed by atoms with van der Waals surface area (Å²) in [6.45, 7) is 9.92. The summed E-state index contributed by atoms with van der Waals surface area (Å²) in [5.41, 5.74) is 13.0. The average Bonchev–Trinajstić information content (AvgIpc) is 2.67. The summed E-state index contributed by atoms with van der Waals surface area (Å²) in [7, 11) is 0. The van der Waals surface area contributed by atoms with Gasteiger partial charge in [0, 0.05) is 16.3 Å². The third-order valence-electron chi connectivity index (χ3n) is 4.61. The Balaban J connectivity index is 1.95. The molecule has 5 heteroatoms. The van der Waals surface area contributed by atoms with E-state index in [1.165, 1.54) is 25.7 Å². The number of rotatable bonds is 12. The van der Waals surface area contributed by atoms with Crippen LogP contribution in [0.5, 0.6) is 5.75 Å². The predicted octanol–water partition coefficient (Wildman–Crippen LogP) is 5.67. The number of hydrogen-bond acceptors (Lipinski definition) is 5. The van der Waals surface area contributed by atoms with Gasteiger partial charge in [0.25, 0.3) is 0 Å². The first kappa shape index (κ1) is 22.4. The van der Waals surface area contributed by atoms with Crippen molar-refractivity contribution in [3.05, 3.63) is 42.5 Å². The third-order valence-corrected chi connectivity index (χ3v) is 5.59. The molecule has 1 unspecified atom stereocenters. The van der Waals surface area contributed by atoms with Crippen LogP contribution >= 0.6 is 11.8 Å². The fourth-order valence-electron chi connectivity index (χ4n) is 3.05. The summed E-state index contributed by atoms with van der Waals surface area (Å²) in [4.78, 5) is 4.73. The molecular weight excluding hydrogens is 366 g/mol. The van der Waals surface area contributed by atoms with Gasteiger partial charge in [0.15, 0.2) is 0 Å². The van der Waals surface area contributed by atoms with Crippen LogP contribution in [0, 0.1) is 0 Å². The number of nitrogens with zero attached hydrogens (tertiary/aromatic N) is 1. The molecule has 0 saturated carbocycles. The minimum absolute atomic E-state index is 0.154. The van der Waals surface area contributed by atoms with Gasteiger partial charge in [-0.2, -0.15) is 0 Å². The maximum atomic E-state index is 6.23. The van der Waals surface area contributed by atoms with Gasteiger partial charge in [0.2, 0.25) is 0 Å². The van der Waals surface area contributed by atoms with Gasteiger partial charge in [-0.15, -0.1) is 0 Å². The van der Waals surface area contributed by atoms with Crippen molar-refractivity contribution in [1.29, 1.82) is 0 Å². The molecule has 2 aromatic rings. The zero-order chi connectivity index (χ0) is 20.4. The van der Waals surface area contributed by atoms with E-state index in [-0.39, 0.29) is 6.10 Å². The van der Waals surface area contributed by atoms with Gasteiger partial charge in [-0.3, -0.25) is 4.90 Å². The van der Waals surface area contributed by atoms with Crippen LogP contribution in [0.25, 0.3) is 0 Å². The lowest BCUT2D eigenvalue weighted by atomic mass is 10.2. The quantitative estimate of drug-likeness (QED) is 0.449. The van der Waals surface area contributed by atoms with Crippen LogP contribution < -0.4 is 16.2 Å². The van der Waals surface area contributed by atoms with E-state index in [9.17, 15) is 0 Å². The molecule has 0 heterocycles. The topological polar surface area (TPSA) is 64.5 Å². The highest BCUT2D eigenvalue weighted by Gasteiger charge is 2.12. The molecule has 0 radical (unpaired) electrons. The average molecular weight is 402 g/mol. The Morgan fingerprint density at radius 2 is 1.61 bits per heavy atom. The molecule has 0 amide bonds. The van der Waals surface area contributed by atoms with Crippen molar-refractivity contribution in [3.8, 4) is 5.75 Å². The van der Waals surface area contributed by atoms with Gasteiger partial charge in [0.05, 0.1) is 11.4 Å². The van der Waals surface area contributed by atoms with E-state index in [4.69, 9.17) is 16.2 Å². The van der Waals surface area contributed by atoms with E-state index in [0.717, 1.165) is 35.2 Å². The normalized spacial score (nSPS) is 12.3. The number of hydrogen-bond donors (Lipinski definition) is 2. The second-order valence-corrected chi connectivity index (χ2v) is 8.45. The third kappa shape index (κ3) is 7.64. The molecular formula is C23H35N3OS. The molecule has 0 aromatic heterocycles. The number of anilines is 2. The van der Waals surface area contributed by atoms with Crippen molar-refractivity contribution in [3.63, 3.8) is 0 Å². The van der Waals surface area contributed by atoms with Crippen LogP contribution in [-0.4, -0.2) is 30.6 Å². The van der Waals surface area contributed by atoms with Gasteiger partial charge in [0.1, 0.15) is 11.9 Å². The fraction of sp³-hybridized carbons (Fsp3) is 0.478. The highest BCUT2D eigenvalue weighted by atomic mass is 32.2. The SMILES string of the molecule is CCCCN(CCCC)CC(C)Oc1cccc(Sc2ccc(N)c(N)c2)c1. The van der Waals surface area contributed by atoms with Gasteiger partial charge in [-0.1, -0.05) is 44.5 Å². The molecule has 0 aliphatic rings. The lowest BCUT2D eigenvalue weighted by Crippen LogP contribution is -2.35. The van der Waals surface area contributed by atoms with Gasteiger partial charge in [-0.05, 0) is 69.3 Å². The van der Waals surface area contributed by atoms with E-state index in [2.05, 4.69) is 37.8 Å². The van der Waals surface area contributed by atoms with Gasteiger partial charge in [-0.25, -0.2) is 0 Å². The minimum Gasteiger partial charge on any atom is -0.489 e. The second-order valence-electron chi connectivity index (χ2n) is 7.30. The monoisotopic (exact) mass is 401 g/mol. The molecule has 2 aromatic carbocycles. The number of nitrogen functional groups attached to an aromatic ring is 2. The molecule has 0 spiro atoms. The Morgan fingerprint density at radius 1 is 0.929 bits per heavy atom. The first-order valence-corrected chi connectivity index (χ1v) is 11.1. The summed E-state index contributed by atoms with van der Waals surface area (Å²) in [6.07, 6.45) is 5.10. The fourth-order valence-corrected chi connectivity index (χ4v) is 3.97. The lowest BCUT2D eigenvalue weighted by Gasteiger charge is -2.26. The summed E-state index contributed by atoms with van der Waals surface area (Å²) < 4.78 is 6.23. The van der Waals surface area contributed by atoms with E-state index < -0.39 is 0 Å². The Bertz CT molecular complexity index is 715. The van der Waals surface area contributed by atoms with E-state index >= 15 is 0 Å². The second kappa shape index (κ2) is 11.9. The molecule has 28 heavy (non-hydrogen) atoms. The molecule has 4 nitrogen and oxygen atoms in total. The van der Waals surface area contributed by atoms with Crippen LogP contribution in [-0.2, 0) is 0 Å². The summed E-state index contributed by atoms with van der Waals surface area (Å²) >= 11 is 1.66. The molecule has 154 valence electrons. The summed E-state index contributed by atoms with van der Waals surface area (Å²) in [5.74, 6) is 0.909. The molecule has 0 aliphatic carbocycles. The number of ether oxygens (including phenoxy) is 1. The maximum Gasteiger partial charge on any atom is 0.120 e. The molecule has 1 atom stereocenters. The highest BCUT2D eigenvalue weighted by Crippen LogP contribution is 2.32. The lowest BCUT2D eigenvalue weighted by molar-refractivity contribution is 0.142. The number of nitrogens with two attached hydrogens (primary N) is 2. The standard InChI is InChI=1S/C23H35N3OS/c1-4-6-13-26(14-7-5-2)17-18(3)27-19-9-8-10-20(15-19)28-21-11-12-22(24)23(25)16-21/h8-12,15-16,18H,4-7,13-14,17,24-25H2,1-3H3. The zero-order valence-electron chi connectivity index (χ0n) is 17.5. The molecule has 0 saturated heterocycles.